The van der Waals surface area contributed by atoms with E-state index in [0.29, 0.717) is 29.7 Å². The van der Waals surface area contributed by atoms with Crippen molar-refractivity contribution < 1.29 is 17.3 Å². The number of aromatic nitrogens is 1. The van der Waals surface area contributed by atoms with Gasteiger partial charge in [-0.1, -0.05) is 18.2 Å². The molecular weight excluding hydrogens is 406 g/mol. The highest BCUT2D eigenvalue weighted by Crippen LogP contribution is 2.28. The zero-order valence-electron chi connectivity index (χ0n) is 16.2. The van der Waals surface area contributed by atoms with Crippen LogP contribution in [0.2, 0.25) is 0 Å². The monoisotopic (exact) mass is 427 g/mol. The van der Waals surface area contributed by atoms with Gasteiger partial charge in [0.05, 0.1) is 12.1 Å². The highest BCUT2D eigenvalue weighted by atomic mass is 32.2. The quantitative estimate of drug-likeness (QED) is 0.185. The Morgan fingerprint density at radius 2 is 1.90 bits per heavy atom. The van der Waals surface area contributed by atoms with Crippen LogP contribution in [0.5, 0.6) is 11.5 Å². The molecule has 0 atom stereocenters. The van der Waals surface area contributed by atoms with E-state index in [4.69, 9.17) is 20.4 Å². The van der Waals surface area contributed by atoms with Crippen LogP contribution in [0.15, 0.2) is 69.8 Å². The fourth-order valence-corrected chi connectivity index (χ4v) is 3.78. The van der Waals surface area contributed by atoms with Crippen molar-refractivity contribution in [3.63, 3.8) is 0 Å². The molecule has 156 valence electrons. The van der Waals surface area contributed by atoms with Crippen molar-refractivity contribution in [3.05, 3.63) is 60.3 Å². The third-order valence-corrected chi connectivity index (χ3v) is 5.15. The number of hydrogen-bond acceptors (Lipinski definition) is 7. The maximum Gasteiger partial charge on any atom is 0.341 e. The number of nitrogens with zero attached hydrogens (tertiary/aromatic N) is 3. The Kier molecular flexibility index (Phi) is 6.48. The number of ether oxygens (including phenoxy) is 1. The van der Waals surface area contributed by atoms with E-state index >= 15 is 0 Å². The minimum atomic E-state index is -4.09. The topological polar surface area (TPSA) is 142 Å². The van der Waals surface area contributed by atoms with Crippen LogP contribution in [0.3, 0.4) is 0 Å². The van der Waals surface area contributed by atoms with Gasteiger partial charge in [0.1, 0.15) is 16.4 Å². The lowest BCUT2D eigenvalue weighted by molar-refractivity contribution is 0.329. The molecule has 0 amide bonds. The Balaban J connectivity index is 1.76. The molecule has 0 radical (unpaired) electrons. The van der Waals surface area contributed by atoms with Crippen LogP contribution in [-0.4, -0.2) is 32.2 Å². The summed E-state index contributed by atoms with van der Waals surface area (Å²) in [7, 11) is -4.09. The van der Waals surface area contributed by atoms with Crippen molar-refractivity contribution in [2.24, 2.45) is 21.7 Å². The zero-order valence-corrected chi connectivity index (χ0v) is 17.0. The van der Waals surface area contributed by atoms with Crippen LogP contribution in [-0.2, 0) is 10.1 Å². The third-order valence-electron chi connectivity index (χ3n) is 3.87. The van der Waals surface area contributed by atoms with Gasteiger partial charge in [0, 0.05) is 30.3 Å². The average Bonchev–Trinajstić information content (AvgIpc) is 2.69. The lowest BCUT2D eigenvalue weighted by Crippen LogP contribution is -2.21. The van der Waals surface area contributed by atoms with E-state index in [1.54, 1.807) is 36.4 Å². The van der Waals surface area contributed by atoms with Gasteiger partial charge < -0.3 is 20.4 Å². The van der Waals surface area contributed by atoms with Crippen molar-refractivity contribution in [1.82, 2.24) is 4.98 Å². The van der Waals surface area contributed by atoms with Crippen LogP contribution in [0, 0.1) is 6.92 Å². The van der Waals surface area contributed by atoms with Crippen LogP contribution in [0.25, 0.3) is 10.9 Å². The van der Waals surface area contributed by atoms with Gasteiger partial charge in [0.15, 0.2) is 0 Å². The summed E-state index contributed by atoms with van der Waals surface area (Å²) in [5.74, 6) is 0.480. The number of para-hydroxylation sites is 1. The lowest BCUT2D eigenvalue weighted by atomic mass is 10.2. The van der Waals surface area contributed by atoms with Crippen molar-refractivity contribution in [2.75, 3.05) is 6.61 Å². The molecule has 0 fully saturated rings. The second kappa shape index (κ2) is 9.23. The summed E-state index contributed by atoms with van der Waals surface area (Å²) in [6, 6.07) is 13.3. The first kappa shape index (κ1) is 21.1. The van der Waals surface area contributed by atoms with Gasteiger partial charge in [-0.15, -0.1) is 5.10 Å². The van der Waals surface area contributed by atoms with Crippen molar-refractivity contribution in [1.29, 1.82) is 0 Å². The minimum absolute atomic E-state index is 0.000479. The van der Waals surface area contributed by atoms with Gasteiger partial charge in [0.2, 0.25) is 5.96 Å². The Morgan fingerprint density at radius 3 is 2.70 bits per heavy atom. The van der Waals surface area contributed by atoms with E-state index in [-0.39, 0.29) is 16.6 Å². The number of benzene rings is 2. The van der Waals surface area contributed by atoms with E-state index in [9.17, 15) is 8.42 Å². The molecule has 0 saturated carbocycles. The molecule has 0 aliphatic carbocycles. The average molecular weight is 427 g/mol. The molecular formula is C20H21N5O4S. The van der Waals surface area contributed by atoms with E-state index < -0.39 is 10.1 Å². The van der Waals surface area contributed by atoms with E-state index in [1.165, 1.54) is 24.5 Å². The molecule has 0 bridgehead atoms. The second-order valence-corrected chi connectivity index (χ2v) is 7.83. The maximum absolute atomic E-state index is 12.9. The summed E-state index contributed by atoms with van der Waals surface area (Å²) < 4.78 is 36.7. The van der Waals surface area contributed by atoms with Gasteiger partial charge >= 0.3 is 10.1 Å². The Bertz CT molecular complexity index is 1200. The number of guanidine groups is 1. The zero-order chi connectivity index (χ0) is 21.6. The number of fused-ring (bicyclic) bond motifs is 1. The fraction of sp³-hybridized carbons (Fsp3) is 0.150. The second-order valence-electron chi connectivity index (χ2n) is 6.31. The number of nitrogens with two attached hydrogens (primary N) is 2. The smallest absolute Gasteiger partial charge is 0.341 e. The molecule has 1 heterocycles. The summed E-state index contributed by atoms with van der Waals surface area (Å²) in [6.45, 7) is 2.11. The molecule has 0 spiro atoms. The van der Waals surface area contributed by atoms with Crippen LogP contribution >= 0.6 is 0 Å². The van der Waals surface area contributed by atoms with Crippen LogP contribution in [0.1, 0.15) is 12.0 Å². The summed E-state index contributed by atoms with van der Waals surface area (Å²) in [4.78, 5) is 4.18. The molecule has 1 aromatic heterocycles. The van der Waals surface area contributed by atoms with Crippen LogP contribution < -0.4 is 20.4 Å². The summed E-state index contributed by atoms with van der Waals surface area (Å²) in [5.41, 5.74) is 11.5. The van der Waals surface area contributed by atoms with E-state index in [0.717, 1.165) is 5.56 Å². The summed E-state index contributed by atoms with van der Waals surface area (Å²) in [5, 5.41) is 7.86. The fourth-order valence-electron chi connectivity index (χ4n) is 2.69. The molecule has 0 aliphatic rings. The normalized spacial score (nSPS) is 11.5. The number of rotatable bonds is 8. The van der Waals surface area contributed by atoms with Crippen molar-refractivity contribution in [3.8, 4) is 11.5 Å². The van der Waals surface area contributed by atoms with Gasteiger partial charge in [-0.2, -0.15) is 13.5 Å². The molecule has 0 saturated heterocycles. The highest BCUT2D eigenvalue weighted by Gasteiger charge is 2.21. The number of aryl methyl sites for hydroxylation is 1. The molecule has 2 aromatic carbocycles. The van der Waals surface area contributed by atoms with Gasteiger partial charge in [-0.25, -0.2) is 0 Å². The molecule has 3 rings (SSSR count). The molecule has 3 aromatic rings. The predicted molar refractivity (Wildman–Crippen MR) is 115 cm³/mol. The first-order valence-electron chi connectivity index (χ1n) is 8.98. The minimum Gasteiger partial charge on any atom is -0.493 e. The lowest BCUT2D eigenvalue weighted by Gasteiger charge is -2.11. The van der Waals surface area contributed by atoms with Gasteiger partial charge in [-0.3, -0.25) is 4.98 Å². The Hall–Kier alpha value is -3.66. The molecule has 30 heavy (non-hydrogen) atoms. The molecule has 0 unspecified atom stereocenters. The van der Waals surface area contributed by atoms with E-state index in [1.807, 2.05) is 6.92 Å². The number of pyridine rings is 1. The highest BCUT2D eigenvalue weighted by molar-refractivity contribution is 7.87. The van der Waals surface area contributed by atoms with E-state index in [2.05, 4.69) is 15.2 Å². The standard InChI is InChI=1S/C20H21N5O4S/c1-14-11-16(28-10-4-9-24-25-20(21)22)13-17(12-14)29-30(26,27)18-7-2-5-15-6-3-8-23-19(15)18/h2-3,5-9,11-13H,4,10H2,1H3,(H4,21,22,25)/b24-9+. The maximum atomic E-state index is 12.9. The molecule has 10 heteroatoms. The largest absolute Gasteiger partial charge is 0.493 e. The molecule has 9 nitrogen and oxygen atoms in total. The van der Waals surface area contributed by atoms with Crippen molar-refractivity contribution >= 4 is 33.2 Å². The Morgan fingerprint density at radius 1 is 1.13 bits per heavy atom. The van der Waals surface area contributed by atoms with Gasteiger partial charge in [-0.05, 0) is 36.8 Å². The van der Waals surface area contributed by atoms with Crippen molar-refractivity contribution in [2.45, 2.75) is 18.2 Å². The predicted octanol–water partition coefficient (Wildman–Crippen LogP) is 2.34. The summed E-state index contributed by atoms with van der Waals surface area (Å²) >= 11 is 0. The first-order chi connectivity index (χ1) is 14.3. The molecule has 4 N–H and O–H groups in total. The first-order valence-corrected chi connectivity index (χ1v) is 10.4. The third kappa shape index (κ3) is 5.45. The van der Waals surface area contributed by atoms with Crippen LogP contribution in [0.4, 0.5) is 0 Å². The summed E-state index contributed by atoms with van der Waals surface area (Å²) in [6.07, 6.45) is 3.50. The SMILES string of the molecule is Cc1cc(OCC/C=N/N=C(N)N)cc(OS(=O)(=O)c2cccc3cccnc23)c1. The Labute approximate surface area is 174 Å². The van der Waals surface area contributed by atoms with Gasteiger partial charge in [0.25, 0.3) is 0 Å². The molecule has 0 aliphatic heterocycles. The number of hydrogen-bond donors (Lipinski definition) is 2.